The Morgan fingerprint density at radius 1 is 1.10 bits per heavy atom. The highest BCUT2D eigenvalue weighted by atomic mass is 16.5. The number of nitrogens with two attached hydrogens (primary N) is 1. The van der Waals surface area contributed by atoms with Gasteiger partial charge in [-0.3, -0.25) is 0 Å². The lowest BCUT2D eigenvalue weighted by atomic mass is 10.0. The van der Waals surface area contributed by atoms with Gasteiger partial charge in [-0.1, -0.05) is 12.1 Å². The Bertz CT molecular complexity index is 543. The molecule has 106 valence electrons. The van der Waals surface area contributed by atoms with Crippen LogP contribution in [0.3, 0.4) is 0 Å². The van der Waals surface area contributed by atoms with Crippen LogP contribution in [0.25, 0.3) is 0 Å². The highest BCUT2D eigenvalue weighted by molar-refractivity contribution is 5.27. The first-order valence-electron chi connectivity index (χ1n) is 6.47. The molecule has 1 atom stereocenters. The fraction of sp³-hybridized carbons (Fsp3) is 0.333. The second-order valence-corrected chi connectivity index (χ2v) is 4.48. The molecule has 0 saturated carbocycles. The summed E-state index contributed by atoms with van der Waals surface area (Å²) in [6, 6.07) is 9.65. The molecule has 5 heteroatoms. The van der Waals surface area contributed by atoms with E-state index in [-0.39, 0.29) is 6.04 Å². The van der Waals surface area contributed by atoms with E-state index in [4.69, 9.17) is 15.2 Å². The molecule has 0 bridgehead atoms. The molecule has 20 heavy (non-hydrogen) atoms. The number of rotatable bonds is 6. The first-order valence-corrected chi connectivity index (χ1v) is 6.47. The van der Waals surface area contributed by atoms with Gasteiger partial charge in [0.2, 0.25) is 5.88 Å². The molecule has 2 aromatic rings. The van der Waals surface area contributed by atoms with Crippen LogP contribution in [-0.2, 0) is 6.42 Å². The first-order chi connectivity index (χ1) is 9.72. The maximum Gasteiger partial charge on any atom is 0.216 e. The Kier molecular flexibility index (Phi) is 4.90. The zero-order valence-electron chi connectivity index (χ0n) is 11.7. The summed E-state index contributed by atoms with van der Waals surface area (Å²) >= 11 is 0. The van der Waals surface area contributed by atoms with Crippen LogP contribution in [0, 0.1) is 0 Å². The van der Waals surface area contributed by atoms with Crippen molar-refractivity contribution in [1.82, 2.24) is 9.97 Å². The molecule has 0 aliphatic carbocycles. The number of aromatic nitrogens is 2. The molecular formula is C15H19N3O2. The average Bonchev–Trinajstić information content (AvgIpc) is 2.53. The second kappa shape index (κ2) is 6.86. The minimum Gasteiger partial charge on any atom is -0.497 e. The molecule has 1 aromatic carbocycles. The van der Waals surface area contributed by atoms with Gasteiger partial charge in [-0.05, 0) is 30.5 Å². The van der Waals surface area contributed by atoms with Gasteiger partial charge in [-0.25, -0.2) is 9.97 Å². The third-order valence-electron chi connectivity index (χ3n) is 3.16. The highest BCUT2D eigenvalue weighted by Gasteiger charge is 2.09. The Morgan fingerprint density at radius 3 is 2.50 bits per heavy atom. The van der Waals surface area contributed by atoms with E-state index < -0.39 is 0 Å². The molecule has 0 saturated heterocycles. The minimum atomic E-state index is -0.131. The maximum atomic E-state index is 6.15. The average molecular weight is 273 g/mol. The number of nitrogens with zero attached hydrogens (tertiary/aromatic N) is 2. The van der Waals surface area contributed by atoms with Crippen LogP contribution >= 0.6 is 0 Å². The van der Waals surface area contributed by atoms with Gasteiger partial charge in [-0.15, -0.1) is 0 Å². The molecule has 0 aliphatic heterocycles. The summed E-state index contributed by atoms with van der Waals surface area (Å²) < 4.78 is 10.2. The molecule has 2 N–H and O–H groups in total. The summed E-state index contributed by atoms with van der Waals surface area (Å²) in [5.41, 5.74) is 8.17. The Morgan fingerprint density at radius 2 is 1.85 bits per heavy atom. The number of aryl methyl sites for hydroxylation is 1. The Balaban J connectivity index is 1.95. The van der Waals surface area contributed by atoms with Gasteiger partial charge in [0.25, 0.3) is 0 Å². The van der Waals surface area contributed by atoms with Crippen molar-refractivity contribution in [1.29, 1.82) is 0 Å². The molecule has 0 amide bonds. The van der Waals surface area contributed by atoms with Gasteiger partial charge in [0.05, 0.1) is 19.9 Å². The predicted octanol–water partition coefficient (Wildman–Crippen LogP) is 2.13. The molecule has 5 nitrogen and oxygen atoms in total. The third-order valence-corrected chi connectivity index (χ3v) is 3.16. The molecule has 0 aliphatic rings. The van der Waals surface area contributed by atoms with Crippen LogP contribution in [0.2, 0.25) is 0 Å². The van der Waals surface area contributed by atoms with Crippen LogP contribution in [0.5, 0.6) is 11.6 Å². The van der Waals surface area contributed by atoms with Crippen molar-refractivity contribution in [2.24, 2.45) is 5.73 Å². The van der Waals surface area contributed by atoms with Crippen LogP contribution in [0.1, 0.15) is 23.7 Å². The van der Waals surface area contributed by atoms with Crippen molar-refractivity contribution in [3.8, 4) is 11.6 Å². The molecule has 0 radical (unpaired) electrons. The van der Waals surface area contributed by atoms with E-state index in [0.29, 0.717) is 5.88 Å². The van der Waals surface area contributed by atoms with Crippen molar-refractivity contribution in [2.75, 3.05) is 14.2 Å². The standard InChI is InChI=1S/C15H19N3O2/c1-19-12-6-3-11(4-7-12)5-8-13(16)14-9-15(20-2)18-10-17-14/h3-4,6-7,9-10,13H,5,8,16H2,1-2H3. The molecule has 0 spiro atoms. The van der Waals surface area contributed by atoms with E-state index in [9.17, 15) is 0 Å². The fourth-order valence-electron chi connectivity index (χ4n) is 1.93. The largest absolute Gasteiger partial charge is 0.497 e. The van der Waals surface area contributed by atoms with Crippen molar-refractivity contribution in [3.05, 3.63) is 47.9 Å². The fourth-order valence-corrected chi connectivity index (χ4v) is 1.93. The maximum absolute atomic E-state index is 6.15. The monoisotopic (exact) mass is 273 g/mol. The van der Waals surface area contributed by atoms with Gasteiger partial charge in [-0.2, -0.15) is 0 Å². The van der Waals surface area contributed by atoms with Crippen LogP contribution in [0.15, 0.2) is 36.7 Å². The quantitative estimate of drug-likeness (QED) is 0.873. The topological polar surface area (TPSA) is 70.3 Å². The zero-order chi connectivity index (χ0) is 14.4. The van der Waals surface area contributed by atoms with Crippen molar-refractivity contribution in [2.45, 2.75) is 18.9 Å². The van der Waals surface area contributed by atoms with Crippen LogP contribution in [0.4, 0.5) is 0 Å². The lowest BCUT2D eigenvalue weighted by Gasteiger charge is -2.11. The third kappa shape index (κ3) is 3.68. The van der Waals surface area contributed by atoms with E-state index in [2.05, 4.69) is 9.97 Å². The van der Waals surface area contributed by atoms with Crippen LogP contribution < -0.4 is 15.2 Å². The molecule has 1 heterocycles. The van der Waals surface area contributed by atoms with E-state index in [1.807, 2.05) is 24.3 Å². The molecule has 2 rings (SSSR count). The van der Waals surface area contributed by atoms with Gasteiger partial charge in [0.1, 0.15) is 12.1 Å². The van der Waals surface area contributed by atoms with Gasteiger partial charge >= 0.3 is 0 Å². The normalized spacial score (nSPS) is 11.9. The lowest BCUT2D eigenvalue weighted by Crippen LogP contribution is -2.13. The molecular weight excluding hydrogens is 254 g/mol. The van der Waals surface area contributed by atoms with Crippen LogP contribution in [-0.4, -0.2) is 24.2 Å². The Hall–Kier alpha value is -2.14. The minimum absolute atomic E-state index is 0.131. The van der Waals surface area contributed by atoms with E-state index in [1.165, 1.54) is 11.9 Å². The summed E-state index contributed by atoms with van der Waals surface area (Å²) in [6.07, 6.45) is 3.17. The number of methoxy groups -OCH3 is 2. The number of ether oxygens (including phenoxy) is 2. The van der Waals surface area contributed by atoms with Gasteiger partial charge < -0.3 is 15.2 Å². The first kappa shape index (κ1) is 14.3. The SMILES string of the molecule is COc1ccc(CCC(N)c2cc(OC)ncn2)cc1. The summed E-state index contributed by atoms with van der Waals surface area (Å²) in [5.74, 6) is 1.40. The smallest absolute Gasteiger partial charge is 0.216 e. The van der Waals surface area contributed by atoms with Gasteiger partial charge in [0.15, 0.2) is 0 Å². The van der Waals surface area contributed by atoms with Crippen molar-refractivity contribution < 1.29 is 9.47 Å². The Labute approximate surface area is 118 Å². The number of hydrogen-bond acceptors (Lipinski definition) is 5. The summed E-state index contributed by atoms with van der Waals surface area (Å²) in [5, 5.41) is 0. The summed E-state index contributed by atoms with van der Waals surface area (Å²) in [7, 11) is 3.24. The molecule has 1 unspecified atom stereocenters. The second-order valence-electron chi connectivity index (χ2n) is 4.48. The number of benzene rings is 1. The van der Waals surface area contributed by atoms with E-state index in [1.54, 1.807) is 20.3 Å². The molecule has 1 aromatic heterocycles. The van der Waals surface area contributed by atoms with E-state index in [0.717, 1.165) is 24.3 Å². The molecule has 0 fully saturated rings. The number of hydrogen-bond donors (Lipinski definition) is 1. The lowest BCUT2D eigenvalue weighted by molar-refractivity contribution is 0.395. The highest BCUT2D eigenvalue weighted by Crippen LogP contribution is 2.19. The zero-order valence-corrected chi connectivity index (χ0v) is 11.7. The van der Waals surface area contributed by atoms with Crippen molar-refractivity contribution >= 4 is 0 Å². The van der Waals surface area contributed by atoms with Gasteiger partial charge in [0, 0.05) is 12.1 Å². The van der Waals surface area contributed by atoms with E-state index >= 15 is 0 Å². The summed E-state index contributed by atoms with van der Waals surface area (Å²) in [6.45, 7) is 0. The summed E-state index contributed by atoms with van der Waals surface area (Å²) in [4.78, 5) is 8.17. The van der Waals surface area contributed by atoms with Crippen molar-refractivity contribution in [3.63, 3.8) is 0 Å². The predicted molar refractivity (Wildman–Crippen MR) is 76.8 cm³/mol.